The van der Waals surface area contributed by atoms with Crippen molar-refractivity contribution in [2.45, 2.75) is 26.8 Å². The van der Waals surface area contributed by atoms with Crippen LogP contribution >= 0.6 is 23.7 Å². The minimum atomic E-state index is -0.672. The van der Waals surface area contributed by atoms with Crippen molar-refractivity contribution < 1.29 is 13.8 Å². The zero-order valence-electron chi connectivity index (χ0n) is 11.9. The molecule has 1 rings (SSSR count). The summed E-state index contributed by atoms with van der Waals surface area (Å²) in [6.07, 6.45) is 3.53. The number of amidine groups is 1. The van der Waals surface area contributed by atoms with Gasteiger partial charge in [-0.15, -0.1) is 0 Å². The lowest BCUT2D eigenvalue weighted by molar-refractivity contribution is 0.0975. The van der Waals surface area contributed by atoms with Gasteiger partial charge in [-0.05, 0) is 38.5 Å². The van der Waals surface area contributed by atoms with Crippen LogP contribution in [0.5, 0.6) is 5.75 Å². The number of rotatable bonds is 3. The minimum absolute atomic E-state index is 0.0274. The first kappa shape index (κ1) is 17.5. The molecule has 0 aliphatic rings. The largest absolute Gasteiger partial charge is 0.507 e. The number of carbonyl (C=O) groups excluding carboxylic acids is 1. The molecule has 0 aliphatic heterocycles. The summed E-state index contributed by atoms with van der Waals surface area (Å²) in [7, 11) is 0. The molecule has 0 radical (unpaired) electrons. The van der Waals surface area contributed by atoms with Crippen LogP contribution in [0, 0.1) is 6.92 Å². The van der Waals surface area contributed by atoms with Gasteiger partial charge in [-0.2, -0.15) is 3.89 Å². The lowest BCUT2D eigenvalue weighted by Crippen LogP contribution is -2.29. The van der Waals surface area contributed by atoms with Gasteiger partial charge in [0, 0.05) is 5.02 Å². The van der Waals surface area contributed by atoms with E-state index in [9.17, 15) is 13.8 Å². The van der Waals surface area contributed by atoms with Crippen LogP contribution in [0.2, 0.25) is 5.02 Å². The highest BCUT2D eigenvalue weighted by Crippen LogP contribution is 2.26. The molecule has 0 saturated carbocycles. The van der Waals surface area contributed by atoms with Gasteiger partial charge in [0.2, 0.25) is 0 Å². The smallest absolute Gasteiger partial charge is 0.261 e. The van der Waals surface area contributed by atoms with E-state index in [0.717, 1.165) is 0 Å². The van der Waals surface area contributed by atoms with E-state index in [1.54, 1.807) is 26.0 Å². The molecule has 21 heavy (non-hydrogen) atoms. The summed E-state index contributed by atoms with van der Waals surface area (Å²) in [4.78, 5) is 16.1. The molecule has 7 heteroatoms. The molecular formula is C14H16ClFN2O2S. The molecule has 114 valence electrons. The highest BCUT2D eigenvalue weighted by molar-refractivity contribution is 8.09. The van der Waals surface area contributed by atoms with Crippen molar-refractivity contribution in [1.29, 1.82) is 0 Å². The molecule has 1 unspecified atom stereocenters. The Balaban J connectivity index is 2.99. The van der Waals surface area contributed by atoms with Gasteiger partial charge in [0.25, 0.3) is 5.91 Å². The van der Waals surface area contributed by atoms with Crippen molar-refractivity contribution >= 4 is 34.8 Å². The average Bonchev–Trinajstić information content (AvgIpc) is 2.42. The van der Waals surface area contributed by atoms with E-state index in [2.05, 4.69) is 10.3 Å². The Morgan fingerprint density at radius 1 is 1.57 bits per heavy atom. The Labute approximate surface area is 132 Å². The van der Waals surface area contributed by atoms with Gasteiger partial charge in [0.1, 0.15) is 17.9 Å². The van der Waals surface area contributed by atoms with Crippen LogP contribution in [0.4, 0.5) is 3.89 Å². The summed E-state index contributed by atoms with van der Waals surface area (Å²) >= 11 is 5.68. The van der Waals surface area contributed by atoms with E-state index in [1.165, 1.54) is 12.1 Å². The fourth-order valence-corrected chi connectivity index (χ4v) is 2.26. The van der Waals surface area contributed by atoms with E-state index in [-0.39, 0.29) is 34.7 Å². The van der Waals surface area contributed by atoms with Gasteiger partial charge in [0.15, 0.2) is 5.17 Å². The van der Waals surface area contributed by atoms with Crippen molar-refractivity contribution in [3.05, 3.63) is 40.4 Å². The van der Waals surface area contributed by atoms with Crippen molar-refractivity contribution in [1.82, 2.24) is 5.32 Å². The Morgan fingerprint density at radius 2 is 2.24 bits per heavy atom. The number of nitrogens with zero attached hydrogens (tertiary/aromatic N) is 1. The lowest BCUT2D eigenvalue weighted by Gasteiger charge is -2.10. The lowest BCUT2D eigenvalue weighted by atomic mass is 10.1. The first-order chi connectivity index (χ1) is 9.88. The number of halogens is 2. The number of hydrogen-bond acceptors (Lipinski definition) is 4. The zero-order valence-corrected chi connectivity index (χ0v) is 13.4. The third-order valence-electron chi connectivity index (χ3n) is 2.60. The topological polar surface area (TPSA) is 61.7 Å². The number of phenols is 1. The van der Waals surface area contributed by atoms with Crippen molar-refractivity contribution in [2.24, 2.45) is 4.99 Å². The Kier molecular flexibility index (Phi) is 6.71. The molecular weight excluding hydrogens is 315 g/mol. The molecule has 0 aliphatic carbocycles. The van der Waals surface area contributed by atoms with Crippen LogP contribution in [0.1, 0.15) is 29.8 Å². The van der Waals surface area contributed by atoms with Crippen molar-refractivity contribution in [2.75, 3.05) is 0 Å². The number of hydrogen-bond donors (Lipinski definition) is 2. The maximum atomic E-state index is 12.9. The normalized spacial score (nSPS) is 13.5. The number of aryl methyl sites for hydroxylation is 1. The standard InChI is InChI=1S/C14H16ClFN2O2S/c1-4-5-9(3)17-14(21-16)18-13(20)11-7-10(15)6-8(2)12(11)19/h4-7,9,19H,1-3H3,(H,17,18,20)/b5-4-. The number of allylic oxidation sites excluding steroid dienone is 1. The maximum absolute atomic E-state index is 12.9. The fraction of sp³-hybridized carbons (Fsp3) is 0.286. The number of aliphatic imine (C=N–C) groups is 1. The predicted octanol–water partition coefficient (Wildman–Crippen LogP) is 4.02. The second-order valence-corrected chi connectivity index (χ2v) is 5.33. The van der Waals surface area contributed by atoms with Gasteiger partial charge in [-0.3, -0.25) is 15.1 Å². The Bertz CT molecular complexity index is 591. The number of benzene rings is 1. The summed E-state index contributed by atoms with van der Waals surface area (Å²) in [6.45, 7) is 5.19. The molecule has 2 N–H and O–H groups in total. The molecule has 0 aromatic heterocycles. The van der Waals surface area contributed by atoms with E-state index in [0.29, 0.717) is 10.6 Å². The predicted molar refractivity (Wildman–Crippen MR) is 85.7 cm³/mol. The second-order valence-electron chi connectivity index (χ2n) is 4.35. The number of carbonyl (C=O) groups is 1. The fourth-order valence-electron chi connectivity index (χ4n) is 1.65. The summed E-state index contributed by atoms with van der Waals surface area (Å²) in [5, 5.41) is 12.3. The Morgan fingerprint density at radius 3 is 2.81 bits per heavy atom. The maximum Gasteiger partial charge on any atom is 0.261 e. The SMILES string of the molecule is C/C=C\C(C)/N=C(/NC(=O)c1cc(Cl)cc(C)c1O)SF. The molecule has 1 aromatic rings. The summed E-state index contributed by atoms with van der Waals surface area (Å²) in [5.41, 5.74) is 0.432. The minimum Gasteiger partial charge on any atom is -0.507 e. The number of aromatic hydroxyl groups is 1. The van der Waals surface area contributed by atoms with Crippen LogP contribution in [-0.2, 0) is 0 Å². The highest BCUT2D eigenvalue weighted by atomic mass is 35.5. The third-order valence-corrected chi connectivity index (χ3v) is 3.17. The van der Waals surface area contributed by atoms with Crippen molar-refractivity contribution in [3.63, 3.8) is 0 Å². The molecule has 0 saturated heterocycles. The second kappa shape index (κ2) is 8.05. The average molecular weight is 331 g/mol. The van der Waals surface area contributed by atoms with Gasteiger partial charge >= 0.3 is 0 Å². The summed E-state index contributed by atoms with van der Waals surface area (Å²) < 4.78 is 12.9. The number of nitrogens with one attached hydrogen (secondary N) is 1. The first-order valence-electron chi connectivity index (χ1n) is 6.18. The number of amides is 1. The summed E-state index contributed by atoms with van der Waals surface area (Å²) in [6, 6.07) is 2.57. The van der Waals surface area contributed by atoms with E-state index in [1.807, 2.05) is 6.92 Å². The molecule has 0 fully saturated rings. The summed E-state index contributed by atoms with van der Waals surface area (Å²) in [5.74, 6) is -0.865. The van der Waals surface area contributed by atoms with Gasteiger partial charge in [-0.1, -0.05) is 23.8 Å². The monoisotopic (exact) mass is 330 g/mol. The highest BCUT2D eigenvalue weighted by Gasteiger charge is 2.16. The molecule has 0 bridgehead atoms. The number of phenolic OH excluding ortho intramolecular Hbond substituents is 1. The van der Waals surface area contributed by atoms with Crippen molar-refractivity contribution in [3.8, 4) is 5.75 Å². The van der Waals surface area contributed by atoms with Gasteiger partial charge in [-0.25, -0.2) is 0 Å². The van der Waals surface area contributed by atoms with E-state index in [4.69, 9.17) is 11.6 Å². The Hall–Kier alpha value is -1.53. The molecule has 1 aromatic carbocycles. The third kappa shape index (κ3) is 5.06. The first-order valence-corrected chi connectivity index (χ1v) is 7.28. The van der Waals surface area contributed by atoms with Crippen LogP contribution in [0.15, 0.2) is 29.3 Å². The molecule has 1 amide bonds. The molecule has 0 spiro atoms. The van der Waals surface area contributed by atoms with Gasteiger partial charge < -0.3 is 5.11 Å². The van der Waals surface area contributed by atoms with Gasteiger partial charge in [0.05, 0.1) is 11.6 Å². The van der Waals surface area contributed by atoms with E-state index >= 15 is 0 Å². The van der Waals surface area contributed by atoms with Crippen LogP contribution in [0.25, 0.3) is 0 Å². The quantitative estimate of drug-likeness (QED) is 0.500. The molecule has 1 atom stereocenters. The molecule has 4 nitrogen and oxygen atoms in total. The van der Waals surface area contributed by atoms with Crippen LogP contribution in [-0.4, -0.2) is 22.2 Å². The van der Waals surface area contributed by atoms with E-state index < -0.39 is 5.91 Å². The van der Waals surface area contributed by atoms with Crippen LogP contribution in [0.3, 0.4) is 0 Å². The van der Waals surface area contributed by atoms with Crippen LogP contribution < -0.4 is 5.32 Å². The molecule has 0 heterocycles. The zero-order chi connectivity index (χ0) is 16.0.